The molecule has 8 rings (SSSR count). The van der Waals surface area contributed by atoms with Crippen LogP contribution in [-0.4, -0.2) is 0 Å². The predicted molar refractivity (Wildman–Crippen MR) is 289 cm³/mol. The zero-order valence-corrected chi connectivity index (χ0v) is 39.7. The highest BCUT2D eigenvalue weighted by molar-refractivity contribution is 5.85. The number of benzene rings is 4. The molecule has 4 aromatic carbocycles. The van der Waals surface area contributed by atoms with Crippen molar-refractivity contribution >= 4 is 16.9 Å². The SMILES string of the molecule is C=CC1=C(/C=C\C)C2=C(C=C(N(C3=CCC=CC=C3)c3ccccc3-c3ccc(C4=CCC=C(N(/C(C=C)=C/C=C\C)c5ccc(-c6ccccc6)cc5)C=C4)cc3)CC=C2)C1(C)C.CC. The first-order chi connectivity index (χ1) is 32.4. The van der Waals surface area contributed by atoms with Crippen LogP contribution in [-0.2, 0) is 0 Å². The average Bonchev–Trinajstić information content (AvgIpc) is 3.80. The van der Waals surface area contributed by atoms with Gasteiger partial charge >= 0.3 is 0 Å². The molecule has 4 aromatic rings. The third-order valence-electron chi connectivity index (χ3n) is 12.4. The Morgan fingerprint density at radius 1 is 0.652 bits per heavy atom. The fourth-order valence-corrected chi connectivity index (χ4v) is 9.19. The minimum atomic E-state index is -0.191. The largest absolute Gasteiger partial charge is 0.314 e. The maximum Gasteiger partial charge on any atom is 0.0536 e. The van der Waals surface area contributed by atoms with Crippen LogP contribution < -0.4 is 9.80 Å². The predicted octanol–water partition coefficient (Wildman–Crippen LogP) is 17.9. The quantitative estimate of drug-likeness (QED) is 0.124. The molecular formula is C64H64N2. The standard InChI is InChI=1S/C62H58N2.C2H6/c1-7-11-27-51(9-3)63(54-43-40-49(41-44-54)46-24-15-14-16-25-46)53-30-21-26-47(39-42-53)48-35-37-50(38-36-48)56-32-19-20-34-61(56)64(52-28-17-12-13-18-29-52)55-31-22-33-58-57(23-8-2)59(10-4)62(5,6)60(58)45-55;1-2/h7-17,19-20,22-30,32-45H,3-4,18,21,31H2,1-2,5-6H3;1-2H3/b11-7-,23-8-,51-27+;. The molecule has 0 N–H and O–H groups in total. The molecule has 4 aliphatic rings. The van der Waals surface area contributed by atoms with Crippen LogP contribution in [0.15, 0.2) is 277 Å². The van der Waals surface area contributed by atoms with Crippen LogP contribution in [0.4, 0.5) is 11.4 Å². The van der Waals surface area contributed by atoms with E-state index < -0.39 is 0 Å². The lowest BCUT2D eigenvalue weighted by Crippen LogP contribution is -2.23. The van der Waals surface area contributed by atoms with E-state index in [0.717, 1.165) is 47.7 Å². The topological polar surface area (TPSA) is 6.48 Å². The van der Waals surface area contributed by atoms with E-state index in [2.05, 4.69) is 244 Å². The van der Waals surface area contributed by atoms with E-state index in [1.807, 2.05) is 39.0 Å². The lowest BCUT2D eigenvalue weighted by molar-refractivity contribution is 0.575. The maximum absolute atomic E-state index is 4.26. The molecule has 0 aromatic heterocycles. The Morgan fingerprint density at radius 2 is 1.35 bits per heavy atom. The zero-order valence-electron chi connectivity index (χ0n) is 39.7. The summed E-state index contributed by atoms with van der Waals surface area (Å²) >= 11 is 0. The van der Waals surface area contributed by atoms with Gasteiger partial charge in [0, 0.05) is 45.9 Å². The molecule has 0 saturated heterocycles. The van der Waals surface area contributed by atoms with Gasteiger partial charge in [0.05, 0.1) is 5.69 Å². The molecule has 0 bridgehead atoms. The Bertz CT molecular complexity index is 2830. The number of rotatable bonds is 13. The Balaban J connectivity index is 0.00000320. The molecule has 0 unspecified atom stereocenters. The fraction of sp³-hybridized carbons (Fsp3) is 0.156. The fourth-order valence-electron chi connectivity index (χ4n) is 9.19. The molecule has 0 fully saturated rings. The second-order valence-electron chi connectivity index (χ2n) is 16.7. The molecule has 0 atom stereocenters. The number of hydrogen-bond acceptors (Lipinski definition) is 2. The van der Waals surface area contributed by atoms with E-state index in [4.69, 9.17) is 0 Å². The van der Waals surface area contributed by atoms with Crippen molar-refractivity contribution in [2.24, 2.45) is 5.41 Å². The van der Waals surface area contributed by atoms with Crippen LogP contribution in [0.5, 0.6) is 0 Å². The van der Waals surface area contributed by atoms with Crippen LogP contribution in [0.2, 0.25) is 0 Å². The summed E-state index contributed by atoms with van der Waals surface area (Å²) in [7, 11) is 0. The van der Waals surface area contributed by atoms with Gasteiger partial charge in [-0.1, -0.05) is 211 Å². The summed E-state index contributed by atoms with van der Waals surface area (Å²) in [6.07, 6.45) is 44.3. The third-order valence-corrected chi connectivity index (χ3v) is 12.4. The van der Waals surface area contributed by atoms with Crippen molar-refractivity contribution in [1.82, 2.24) is 0 Å². The van der Waals surface area contributed by atoms with Crippen LogP contribution >= 0.6 is 0 Å². The lowest BCUT2D eigenvalue weighted by Gasteiger charge is -2.32. The number of allylic oxidation sites excluding steroid dienone is 24. The van der Waals surface area contributed by atoms with Gasteiger partial charge in [0.25, 0.3) is 0 Å². The minimum Gasteiger partial charge on any atom is -0.314 e. The van der Waals surface area contributed by atoms with Gasteiger partial charge in [-0.25, -0.2) is 0 Å². The summed E-state index contributed by atoms with van der Waals surface area (Å²) in [4.78, 5) is 4.77. The Kier molecular flexibility index (Phi) is 15.5. The van der Waals surface area contributed by atoms with Gasteiger partial charge in [-0.2, -0.15) is 0 Å². The van der Waals surface area contributed by atoms with Crippen molar-refractivity contribution in [3.8, 4) is 22.3 Å². The van der Waals surface area contributed by atoms with E-state index in [1.54, 1.807) is 0 Å². The number of hydrogen-bond donors (Lipinski definition) is 0. The first-order valence-electron chi connectivity index (χ1n) is 23.5. The summed E-state index contributed by atoms with van der Waals surface area (Å²) < 4.78 is 0. The van der Waals surface area contributed by atoms with E-state index in [9.17, 15) is 0 Å². The van der Waals surface area contributed by atoms with E-state index in [0.29, 0.717) is 0 Å². The van der Waals surface area contributed by atoms with Gasteiger partial charge in [0.1, 0.15) is 0 Å². The monoisotopic (exact) mass is 861 g/mol. The molecule has 0 aliphatic heterocycles. The van der Waals surface area contributed by atoms with Crippen LogP contribution in [0.3, 0.4) is 0 Å². The third kappa shape index (κ3) is 9.94. The van der Waals surface area contributed by atoms with Crippen molar-refractivity contribution in [3.05, 3.63) is 282 Å². The smallest absolute Gasteiger partial charge is 0.0536 e. The summed E-state index contributed by atoms with van der Waals surface area (Å²) in [5.74, 6) is 0. The molecule has 0 spiro atoms. The summed E-state index contributed by atoms with van der Waals surface area (Å²) in [5, 5.41) is 0. The molecular weight excluding hydrogens is 797 g/mol. The second kappa shape index (κ2) is 22.0. The Labute approximate surface area is 395 Å². The highest BCUT2D eigenvalue weighted by Crippen LogP contribution is 2.51. The number of nitrogens with zero attached hydrogens (tertiary/aromatic N) is 2. The Hall–Kier alpha value is -7.42. The number of anilines is 2. The second-order valence-corrected chi connectivity index (χ2v) is 16.7. The first kappa shape index (κ1) is 46.6. The van der Waals surface area contributed by atoms with Crippen molar-refractivity contribution < 1.29 is 0 Å². The van der Waals surface area contributed by atoms with Crippen molar-refractivity contribution in [3.63, 3.8) is 0 Å². The lowest BCUT2D eigenvalue weighted by atomic mass is 9.79. The average molecular weight is 861 g/mol. The molecule has 66 heavy (non-hydrogen) atoms. The highest BCUT2D eigenvalue weighted by atomic mass is 15.2. The van der Waals surface area contributed by atoms with E-state index >= 15 is 0 Å². The van der Waals surface area contributed by atoms with Gasteiger partial charge in [0.2, 0.25) is 0 Å². The van der Waals surface area contributed by atoms with Crippen LogP contribution in [0.25, 0.3) is 27.8 Å². The van der Waals surface area contributed by atoms with Crippen LogP contribution in [0, 0.1) is 5.41 Å². The van der Waals surface area contributed by atoms with Crippen molar-refractivity contribution in [1.29, 1.82) is 0 Å². The van der Waals surface area contributed by atoms with Crippen LogP contribution in [0.1, 0.15) is 66.4 Å². The van der Waals surface area contributed by atoms with Gasteiger partial charge < -0.3 is 9.80 Å². The highest BCUT2D eigenvalue weighted by Gasteiger charge is 2.37. The molecule has 0 saturated carbocycles. The van der Waals surface area contributed by atoms with E-state index in [-0.39, 0.29) is 5.41 Å². The summed E-state index contributed by atoms with van der Waals surface area (Å²) in [6.45, 7) is 21.3. The molecule has 0 amide bonds. The Morgan fingerprint density at radius 3 is 2.08 bits per heavy atom. The van der Waals surface area contributed by atoms with Gasteiger partial charge in [-0.3, -0.25) is 0 Å². The zero-order chi connectivity index (χ0) is 46.5. The molecule has 0 heterocycles. The molecule has 4 aliphatic carbocycles. The summed E-state index contributed by atoms with van der Waals surface area (Å²) in [5.41, 5.74) is 18.8. The molecule has 2 nitrogen and oxygen atoms in total. The van der Waals surface area contributed by atoms with Crippen molar-refractivity contribution in [2.45, 2.75) is 60.8 Å². The molecule has 0 radical (unpaired) electrons. The van der Waals surface area contributed by atoms with Crippen molar-refractivity contribution in [2.75, 3.05) is 9.80 Å². The normalized spacial score (nSPS) is 16.7. The molecule has 2 heteroatoms. The van der Waals surface area contributed by atoms with E-state index in [1.165, 1.54) is 61.4 Å². The van der Waals surface area contributed by atoms with Gasteiger partial charge in [-0.05, 0) is 125 Å². The first-order valence-corrected chi connectivity index (χ1v) is 23.5. The van der Waals surface area contributed by atoms with Gasteiger partial charge in [0.15, 0.2) is 0 Å². The molecule has 330 valence electrons. The van der Waals surface area contributed by atoms with Gasteiger partial charge in [-0.15, -0.1) is 0 Å². The summed E-state index contributed by atoms with van der Waals surface area (Å²) in [6, 6.07) is 37.3. The minimum absolute atomic E-state index is 0.191. The maximum atomic E-state index is 4.26. The number of para-hydroxylation sites is 1.